The summed E-state index contributed by atoms with van der Waals surface area (Å²) in [5.41, 5.74) is 2.21. The van der Waals surface area contributed by atoms with Gasteiger partial charge in [0, 0.05) is 23.9 Å². The summed E-state index contributed by atoms with van der Waals surface area (Å²) in [6.07, 6.45) is 0. The van der Waals surface area contributed by atoms with E-state index in [1.165, 1.54) is 0 Å². The standard InChI is InChI=1S/C19H25N3O2S/c1-13(2)18(23)20-10-11-21-19(24)22-17(16-9-6-12-25-16)15-8-5-4-7-14(15)3/h4-9,12-13,17H,10-11H2,1-3H3,(H,20,23)(H2,21,22,24). The molecule has 0 radical (unpaired) electrons. The van der Waals surface area contributed by atoms with Gasteiger partial charge in [-0.25, -0.2) is 4.79 Å². The van der Waals surface area contributed by atoms with Crippen molar-refractivity contribution in [2.24, 2.45) is 5.92 Å². The number of hydrogen-bond acceptors (Lipinski definition) is 3. The van der Waals surface area contributed by atoms with Crippen molar-refractivity contribution in [1.82, 2.24) is 16.0 Å². The van der Waals surface area contributed by atoms with Gasteiger partial charge in [0.2, 0.25) is 5.91 Å². The van der Waals surface area contributed by atoms with E-state index in [1.54, 1.807) is 11.3 Å². The van der Waals surface area contributed by atoms with Crippen LogP contribution >= 0.6 is 11.3 Å². The fourth-order valence-electron chi connectivity index (χ4n) is 2.42. The number of benzene rings is 1. The van der Waals surface area contributed by atoms with Crippen LogP contribution in [-0.4, -0.2) is 25.0 Å². The van der Waals surface area contributed by atoms with Crippen molar-refractivity contribution in [1.29, 1.82) is 0 Å². The number of aryl methyl sites for hydroxylation is 1. The molecule has 5 nitrogen and oxygen atoms in total. The highest BCUT2D eigenvalue weighted by molar-refractivity contribution is 7.10. The molecule has 1 aromatic carbocycles. The minimum absolute atomic E-state index is 0.0152. The highest BCUT2D eigenvalue weighted by Gasteiger charge is 2.19. The number of carbonyl (C=O) groups excluding carboxylic acids is 2. The number of hydrogen-bond donors (Lipinski definition) is 3. The van der Waals surface area contributed by atoms with E-state index >= 15 is 0 Å². The highest BCUT2D eigenvalue weighted by Crippen LogP contribution is 2.28. The Balaban J connectivity index is 1.95. The molecule has 1 heterocycles. The second-order valence-electron chi connectivity index (χ2n) is 6.15. The normalized spacial score (nSPS) is 11.8. The number of amides is 3. The summed E-state index contributed by atoms with van der Waals surface area (Å²) in [6, 6.07) is 11.6. The van der Waals surface area contributed by atoms with E-state index in [1.807, 2.05) is 62.5 Å². The molecular weight excluding hydrogens is 334 g/mol. The van der Waals surface area contributed by atoms with Crippen LogP contribution in [0, 0.1) is 12.8 Å². The maximum absolute atomic E-state index is 12.3. The first kappa shape index (κ1) is 19.0. The zero-order chi connectivity index (χ0) is 18.2. The van der Waals surface area contributed by atoms with E-state index in [0.717, 1.165) is 16.0 Å². The average molecular weight is 359 g/mol. The van der Waals surface area contributed by atoms with Gasteiger partial charge in [-0.05, 0) is 29.5 Å². The molecule has 0 saturated carbocycles. The van der Waals surface area contributed by atoms with Crippen molar-refractivity contribution in [2.75, 3.05) is 13.1 Å². The molecule has 3 N–H and O–H groups in total. The van der Waals surface area contributed by atoms with Gasteiger partial charge < -0.3 is 16.0 Å². The lowest BCUT2D eigenvalue weighted by Gasteiger charge is -2.20. The molecule has 2 rings (SSSR count). The average Bonchev–Trinajstić information content (AvgIpc) is 3.11. The van der Waals surface area contributed by atoms with Crippen molar-refractivity contribution in [3.63, 3.8) is 0 Å². The predicted octanol–water partition coefficient (Wildman–Crippen LogP) is 3.22. The summed E-state index contributed by atoms with van der Waals surface area (Å²) in [5.74, 6) is -0.0725. The second-order valence-corrected chi connectivity index (χ2v) is 7.13. The van der Waals surface area contributed by atoms with Crippen LogP contribution in [0.1, 0.15) is 35.9 Å². The molecule has 0 spiro atoms. The second kappa shape index (κ2) is 9.22. The Morgan fingerprint density at radius 2 is 1.76 bits per heavy atom. The Kier molecular flexibility index (Phi) is 7.01. The summed E-state index contributed by atoms with van der Waals surface area (Å²) in [6.45, 7) is 6.51. The van der Waals surface area contributed by atoms with Crippen LogP contribution in [0.15, 0.2) is 41.8 Å². The van der Waals surface area contributed by atoms with E-state index in [4.69, 9.17) is 0 Å². The van der Waals surface area contributed by atoms with E-state index in [2.05, 4.69) is 16.0 Å². The summed E-state index contributed by atoms with van der Waals surface area (Å²) >= 11 is 1.61. The molecule has 3 amide bonds. The largest absolute Gasteiger partial charge is 0.354 e. The lowest BCUT2D eigenvalue weighted by Crippen LogP contribution is -2.42. The van der Waals surface area contributed by atoms with Crippen molar-refractivity contribution >= 4 is 23.3 Å². The summed E-state index contributed by atoms with van der Waals surface area (Å²) in [7, 11) is 0. The van der Waals surface area contributed by atoms with Crippen molar-refractivity contribution in [3.05, 3.63) is 57.8 Å². The fraction of sp³-hybridized carbons (Fsp3) is 0.368. The van der Waals surface area contributed by atoms with Gasteiger partial charge in [-0.1, -0.05) is 44.2 Å². The number of nitrogens with one attached hydrogen (secondary N) is 3. The van der Waals surface area contributed by atoms with Crippen LogP contribution in [-0.2, 0) is 4.79 Å². The summed E-state index contributed by atoms with van der Waals surface area (Å²) in [5, 5.41) is 10.6. The third-order valence-corrected chi connectivity index (χ3v) is 4.77. The Bertz CT molecular complexity index is 698. The van der Waals surface area contributed by atoms with Gasteiger partial charge in [-0.3, -0.25) is 4.79 Å². The van der Waals surface area contributed by atoms with Gasteiger partial charge in [0.25, 0.3) is 0 Å². The molecule has 2 aromatic rings. The van der Waals surface area contributed by atoms with Crippen LogP contribution in [0.2, 0.25) is 0 Å². The molecule has 0 fully saturated rings. The number of urea groups is 1. The van der Waals surface area contributed by atoms with Gasteiger partial charge in [0.05, 0.1) is 6.04 Å². The molecule has 25 heavy (non-hydrogen) atoms. The van der Waals surface area contributed by atoms with Crippen molar-refractivity contribution in [2.45, 2.75) is 26.8 Å². The van der Waals surface area contributed by atoms with Gasteiger partial charge in [-0.15, -0.1) is 11.3 Å². The first-order valence-electron chi connectivity index (χ1n) is 8.40. The van der Waals surface area contributed by atoms with Crippen LogP contribution in [0.25, 0.3) is 0 Å². The fourth-order valence-corrected chi connectivity index (χ4v) is 3.21. The molecule has 134 valence electrons. The topological polar surface area (TPSA) is 70.2 Å². The van der Waals surface area contributed by atoms with Gasteiger partial charge in [0.15, 0.2) is 0 Å². The summed E-state index contributed by atoms with van der Waals surface area (Å²) < 4.78 is 0. The zero-order valence-corrected chi connectivity index (χ0v) is 15.7. The first-order valence-corrected chi connectivity index (χ1v) is 9.28. The lowest BCUT2D eigenvalue weighted by molar-refractivity contribution is -0.123. The molecule has 0 bridgehead atoms. The van der Waals surface area contributed by atoms with E-state index < -0.39 is 0 Å². The molecule has 0 aliphatic rings. The summed E-state index contributed by atoms with van der Waals surface area (Å²) in [4.78, 5) is 24.9. The maximum Gasteiger partial charge on any atom is 0.315 e. The van der Waals surface area contributed by atoms with Crippen LogP contribution in [0.3, 0.4) is 0 Å². The molecule has 6 heteroatoms. The minimum atomic E-state index is -0.250. The molecule has 1 unspecified atom stereocenters. The Labute approximate surface area is 152 Å². The number of carbonyl (C=O) groups is 2. The number of thiophene rings is 1. The third kappa shape index (κ3) is 5.60. The van der Waals surface area contributed by atoms with Crippen LogP contribution in [0.5, 0.6) is 0 Å². The van der Waals surface area contributed by atoms with Crippen molar-refractivity contribution < 1.29 is 9.59 Å². The van der Waals surface area contributed by atoms with Gasteiger partial charge in [0.1, 0.15) is 0 Å². The lowest BCUT2D eigenvalue weighted by atomic mass is 10.0. The molecule has 0 aliphatic carbocycles. The third-order valence-electron chi connectivity index (χ3n) is 3.84. The van der Waals surface area contributed by atoms with Crippen molar-refractivity contribution in [3.8, 4) is 0 Å². The van der Waals surface area contributed by atoms with Crippen LogP contribution < -0.4 is 16.0 Å². The molecule has 1 atom stereocenters. The smallest absolute Gasteiger partial charge is 0.315 e. The quantitative estimate of drug-likeness (QED) is 0.664. The molecule has 0 saturated heterocycles. The Morgan fingerprint density at radius 3 is 2.40 bits per heavy atom. The minimum Gasteiger partial charge on any atom is -0.354 e. The Morgan fingerprint density at radius 1 is 1.04 bits per heavy atom. The molecule has 1 aromatic heterocycles. The monoisotopic (exact) mass is 359 g/mol. The molecule has 0 aliphatic heterocycles. The zero-order valence-electron chi connectivity index (χ0n) is 14.8. The van der Waals surface area contributed by atoms with Gasteiger partial charge >= 0.3 is 6.03 Å². The molecular formula is C19H25N3O2S. The highest BCUT2D eigenvalue weighted by atomic mass is 32.1. The SMILES string of the molecule is Cc1ccccc1C(NC(=O)NCCNC(=O)C(C)C)c1cccs1. The Hall–Kier alpha value is -2.34. The number of rotatable bonds is 7. The van der Waals surface area contributed by atoms with E-state index in [-0.39, 0.29) is 23.9 Å². The maximum atomic E-state index is 12.3. The van der Waals surface area contributed by atoms with Gasteiger partial charge in [-0.2, -0.15) is 0 Å². The first-order chi connectivity index (χ1) is 12.0. The van der Waals surface area contributed by atoms with E-state index in [0.29, 0.717) is 13.1 Å². The van der Waals surface area contributed by atoms with Crippen LogP contribution in [0.4, 0.5) is 4.79 Å². The van der Waals surface area contributed by atoms with E-state index in [9.17, 15) is 9.59 Å². The predicted molar refractivity (Wildman–Crippen MR) is 102 cm³/mol.